The molecule has 0 saturated carbocycles. The van der Waals surface area contributed by atoms with Gasteiger partial charge in [-0.25, -0.2) is 16.8 Å². The fourth-order valence-corrected chi connectivity index (χ4v) is 6.32. The molecule has 0 unspecified atom stereocenters. The molecular formula is C22H21N3O6S2. The van der Waals surface area contributed by atoms with Gasteiger partial charge in [-0.1, -0.05) is 23.8 Å². The second-order valence-corrected chi connectivity index (χ2v) is 11.2. The summed E-state index contributed by atoms with van der Waals surface area (Å²) in [6.45, 7) is 2.20. The van der Waals surface area contributed by atoms with Crippen LogP contribution in [0.15, 0.2) is 76.5 Å². The molecule has 1 aliphatic heterocycles. The van der Waals surface area contributed by atoms with Gasteiger partial charge in [0.1, 0.15) is 0 Å². The average Bonchev–Trinajstić information content (AvgIpc) is 2.78. The number of hydrogen-bond donors (Lipinski definition) is 1. The largest absolute Gasteiger partial charge is 0.280 e. The predicted octanol–water partition coefficient (Wildman–Crippen LogP) is 3.85. The van der Waals surface area contributed by atoms with Crippen LogP contribution >= 0.6 is 0 Å². The molecule has 9 nitrogen and oxygen atoms in total. The lowest BCUT2D eigenvalue weighted by atomic mass is 10.0. The Kier molecular flexibility index (Phi) is 5.85. The molecule has 3 aromatic rings. The molecule has 0 fully saturated rings. The van der Waals surface area contributed by atoms with Gasteiger partial charge in [0.15, 0.2) is 0 Å². The van der Waals surface area contributed by atoms with Crippen LogP contribution in [0.5, 0.6) is 0 Å². The molecule has 0 aromatic heterocycles. The maximum absolute atomic E-state index is 13.2. The van der Waals surface area contributed by atoms with Crippen molar-refractivity contribution in [2.75, 3.05) is 15.6 Å². The number of rotatable bonds is 6. The number of nitro groups is 1. The number of aryl methyl sites for hydroxylation is 2. The lowest BCUT2D eigenvalue weighted by Crippen LogP contribution is -2.35. The molecule has 3 aromatic carbocycles. The summed E-state index contributed by atoms with van der Waals surface area (Å²) < 4.78 is 55.7. The Labute approximate surface area is 191 Å². The lowest BCUT2D eigenvalue weighted by molar-refractivity contribution is -0.385. The molecule has 0 amide bonds. The number of nitro benzene ring substituents is 1. The van der Waals surface area contributed by atoms with E-state index in [0.717, 1.165) is 11.6 Å². The van der Waals surface area contributed by atoms with Crippen LogP contribution in [0.25, 0.3) is 0 Å². The van der Waals surface area contributed by atoms with Gasteiger partial charge in [-0.15, -0.1) is 0 Å². The molecule has 0 aliphatic carbocycles. The smallest absolute Gasteiger partial charge is 0.270 e. The molecule has 0 spiro atoms. The second-order valence-electron chi connectivity index (χ2n) is 7.70. The van der Waals surface area contributed by atoms with Gasteiger partial charge in [0.2, 0.25) is 0 Å². The Morgan fingerprint density at radius 1 is 0.939 bits per heavy atom. The second kappa shape index (κ2) is 8.49. The van der Waals surface area contributed by atoms with Gasteiger partial charge in [0, 0.05) is 24.4 Å². The van der Waals surface area contributed by atoms with Crippen LogP contribution in [0.4, 0.5) is 17.1 Å². The van der Waals surface area contributed by atoms with Crippen LogP contribution in [0.1, 0.15) is 17.5 Å². The van der Waals surface area contributed by atoms with E-state index in [1.165, 1.54) is 28.6 Å². The fraction of sp³-hybridized carbons (Fsp3) is 0.182. The molecule has 33 heavy (non-hydrogen) atoms. The molecule has 0 saturated heterocycles. The number of anilines is 2. The first kappa shape index (κ1) is 22.7. The summed E-state index contributed by atoms with van der Waals surface area (Å²) in [6.07, 6.45) is 1.17. The highest BCUT2D eigenvalue weighted by Crippen LogP contribution is 2.34. The van der Waals surface area contributed by atoms with Gasteiger partial charge in [0.25, 0.3) is 25.7 Å². The summed E-state index contributed by atoms with van der Waals surface area (Å²) in [7, 11) is -7.84. The van der Waals surface area contributed by atoms with Crippen molar-refractivity contribution in [3.63, 3.8) is 0 Å². The molecule has 11 heteroatoms. The first-order valence-corrected chi connectivity index (χ1v) is 13.0. The van der Waals surface area contributed by atoms with Crippen molar-refractivity contribution >= 4 is 37.1 Å². The van der Waals surface area contributed by atoms with Crippen molar-refractivity contribution in [3.05, 3.63) is 88.0 Å². The van der Waals surface area contributed by atoms with E-state index in [2.05, 4.69) is 4.72 Å². The van der Waals surface area contributed by atoms with Crippen LogP contribution < -0.4 is 9.03 Å². The van der Waals surface area contributed by atoms with Crippen LogP contribution in [0.2, 0.25) is 0 Å². The average molecular weight is 488 g/mol. The van der Waals surface area contributed by atoms with Crippen molar-refractivity contribution in [1.82, 2.24) is 0 Å². The number of benzene rings is 3. The van der Waals surface area contributed by atoms with Crippen molar-refractivity contribution < 1.29 is 21.8 Å². The highest BCUT2D eigenvalue weighted by Gasteiger charge is 2.29. The standard InChI is InChI=1S/C22H21N3O6S2/c1-16-7-10-20(11-8-16)33(30,31)24-13-3-4-17-14-18(9-12-22(17)24)23-32(28,29)21-6-2-5-19(15-21)25(26)27/h2,5-12,14-15,23H,3-4,13H2,1H3. The molecule has 1 heterocycles. The highest BCUT2D eigenvalue weighted by molar-refractivity contribution is 7.93. The summed E-state index contributed by atoms with van der Waals surface area (Å²) in [4.78, 5) is 10.3. The van der Waals surface area contributed by atoms with E-state index in [4.69, 9.17) is 0 Å². The molecule has 1 N–H and O–H groups in total. The molecule has 0 bridgehead atoms. The lowest BCUT2D eigenvalue weighted by Gasteiger charge is -2.31. The van der Waals surface area contributed by atoms with E-state index < -0.39 is 25.0 Å². The van der Waals surface area contributed by atoms with Gasteiger partial charge in [0.05, 0.1) is 20.4 Å². The highest BCUT2D eigenvalue weighted by atomic mass is 32.2. The van der Waals surface area contributed by atoms with E-state index in [1.807, 2.05) is 6.92 Å². The summed E-state index contributed by atoms with van der Waals surface area (Å²) >= 11 is 0. The van der Waals surface area contributed by atoms with Crippen molar-refractivity contribution in [2.24, 2.45) is 0 Å². The number of nitrogens with zero attached hydrogens (tertiary/aromatic N) is 2. The number of non-ortho nitro benzene ring substituents is 1. The van der Waals surface area contributed by atoms with Crippen LogP contribution in [-0.4, -0.2) is 28.3 Å². The quantitative estimate of drug-likeness (QED) is 0.416. The fourth-order valence-electron chi connectivity index (χ4n) is 3.69. The zero-order valence-electron chi connectivity index (χ0n) is 17.6. The summed E-state index contributed by atoms with van der Waals surface area (Å²) in [5.41, 5.74) is 2.06. The zero-order valence-corrected chi connectivity index (χ0v) is 19.3. The maximum Gasteiger partial charge on any atom is 0.270 e. The third kappa shape index (κ3) is 4.55. The summed E-state index contributed by atoms with van der Waals surface area (Å²) in [6, 6.07) is 16.0. The maximum atomic E-state index is 13.2. The number of nitrogens with one attached hydrogen (secondary N) is 1. The van der Waals surface area contributed by atoms with Gasteiger partial charge in [-0.2, -0.15) is 0 Å². The number of fused-ring (bicyclic) bond motifs is 1. The first-order valence-electron chi connectivity index (χ1n) is 10.1. The van der Waals surface area contributed by atoms with Gasteiger partial charge in [-0.05, 0) is 61.7 Å². The Bertz CT molecular complexity index is 1440. The van der Waals surface area contributed by atoms with E-state index >= 15 is 0 Å². The topological polar surface area (TPSA) is 127 Å². The Hall–Kier alpha value is -3.44. The van der Waals surface area contributed by atoms with Crippen LogP contribution in [0.3, 0.4) is 0 Å². The predicted molar refractivity (Wildman–Crippen MR) is 124 cm³/mol. The van der Waals surface area contributed by atoms with Gasteiger partial charge in [-0.3, -0.25) is 19.1 Å². The van der Waals surface area contributed by atoms with E-state index in [9.17, 15) is 26.9 Å². The molecule has 172 valence electrons. The third-order valence-electron chi connectivity index (χ3n) is 5.36. The Morgan fingerprint density at radius 3 is 2.36 bits per heavy atom. The van der Waals surface area contributed by atoms with Crippen molar-refractivity contribution in [3.8, 4) is 0 Å². The normalized spacial score (nSPS) is 13.9. The Balaban J connectivity index is 1.64. The number of hydrogen-bond acceptors (Lipinski definition) is 6. The van der Waals surface area contributed by atoms with Crippen molar-refractivity contribution in [1.29, 1.82) is 0 Å². The molecule has 4 rings (SSSR count). The molecule has 1 aliphatic rings. The summed E-state index contributed by atoms with van der Waals surface area (Å²) in [5.74, 6) is 0. The van der Waals surface area contributed by atoms with Crippen LogP contribution in [0, 0.1) is 17.0 Å². The Morgan fingerprint density at radius 2 is 1.67 bits per heavy atom. The van der Waals surface area contributed by atoms with Crippen LogP contribution in [-0.2, 0) is 26.5 Å². The third-order valence-corrected chi connectivity index (χ3v) is 8.56. The molecule has 0 radical (unpaired) electrons. The molecular weight excluding hydrogens is 466 g/mol. The zero-order chi connectivity index (χ0) is 23.8. The molecule has 0 atom stereocenters. The monoisotopic (exact) mass is 487 g/mol. The van der Waals surface area contributed by atoms with E-state index in [1.54, 1.807) is 36.4 Å². The van der Waals surface area contributed by atoms with E-state index in [0.29, 0.717) is 30.6 Å². The minimum atomic E-state index is -4.07. The van der Waals surface area contributed by atoms with E-state index in [-0.39, 0.29) is 21.2 Å². The van der Waals surface area contributed by atoms with Gasteiger partial charge < -0.3 is 0 Å². The SMILES string of the molecule is Cc1ccc(S(=O)(=O)N2CCCc3cc(NS(=O)(=O)c4cccc([N+](=O)[O-])c4)ccc32)cc1. The number of sulfonamides is 2. The minimum Gasteiger partial charge on any atom is -0.280 e. The first-order chi connectivity index (χ1) is 15.6. The van der Waals surface area contributed by atoms with Gasteiger partial charge >= 0.3 is 0 Å². The minimum absolute atomic E-state index is 0.191. The summed E-state index contributed by atoms with van der Waals surface area (Å²) in [5, 5.41) is 11.0. The van der Waals surface area contributed by atoms with Crippen molar-refractivity contribution in [2.45, 2.75) is 29.6 Å².